The maximum absolute atomic E-state index is 13.7. The minimum absolute atomic E-state index is 0.00234. The summed E-state index contributed by atoms with van der Waals surface area (Å²) in [6.07, 6.45) is 2.27. The van der Waals surface area contributed by atoms with Crippen molar-refractivity contribution in [3.05, 3.63) is 0 Å². The molecule has 2 N–H and O–H groups in total. The molecule has 1 spiro atoms. The molecule has 2 bridgehead atoms. The summed E-state index contributed by atoms with van der Waals surface area (Å²) in [6.45, 7) is 14.0. The van der Waals surface area contributed by atoms with E-state index >= 15 is 0 Å². The standard InChI is InChI=1S/C23H38N2O5S/c1-8-30-20(29)15-14-9-10-23(31-14)16(15)19(28)25(13(2)11-26)17(23)18(27)24-22(6,7)12-21(3,4)5/h13-17,26H,8-12H2,1-7H3,(H,24,27)/t13-,14-,15+,16+,17?,23?/m1/s1. The molecule has 8 heteroatoms. The quantitative estimate of drug-likeness (QED) is 0.574. The van der Waals surface area contributed by atoms with Crippen LogP contribution in [-0.4, -0.2) is 68.6 Å². The molecule has 7 nitrogen and oxygen atoms in total. The third-order valence-corrected chi connectivity index (χ3v) is 8.67. The second-order valence-electron chi connectivity index (χ2n) is 11.2. The number of carbonyl (C=O) groups excluding carboxylic acids is 3. The van der Waals surface area contributed by atoms with Crippen LogP contribution in [0.2, 0.25) is 0 Å². The van der Waals surface area contributed by atoms with Crippen LogP contribution in [0, 0.1) is 17.3 Å². The van der Waals surface area contributed by atoms with E-state index in [0.717, 1.165) is 12.8 Å². The molecule has 6 atom stereocenters. The fourth-order valence-electron chi connectivity index (χ4n) is 6.23. The summed E-state index contributed by atoms with van der Waals surface area (Å²) in [5.41, 5.74) is -0.431. The summed E-state index contributed by atoms with van der Waals surface area (Å²) in [7, 11) is 0. The Morgan fingerprint density at radius 1 is 1.32 bits per heavy atom. The number of fused-ring (bicyclic) bond motifs is 1. The van der Waals surface area contributed by atoms with Crippen molar-refractivity contribution in [2.24, 2.45) is 17.3 Å². The first-order valence-electron chi connectivity index (χ1n) is 11.4. The van der Waals surface area contributed by atoms with Crippen LogP contribution in [0.15, 0.2) is 0 Å². The molecule has 0 aromatic heterocycles. The molecule has 2 unspecified atom stereocenters. The van der Waals surface area contributed by atoms with Crippen LogP contribution < -0.4 is 5.32 Å². The minimum Gasteiger partial charge on any atom is -0.466 e. The number of amides is 2. The molecule has 31 heavy (non-hydrogen) atoms. The molecule has 0 aromatic carbocycles. The average Bonchev–Trinajstić information content (AvgIpc) is 3.25. The number of hydrogen-bond acceptors (Lipinski definition) is 6. The number of aliphatic hydroxyl groups is 1. The van der Waals surface area contributed by atoms with E-state index in [2.05, 4.69) is 26.1 Å². The van der Waals surface area contributed by atoms with Gasteiger partial charge in [0.1, 0.15) is 6.04 Å². The highest BCUT2D eigenvalue weighted by molar-refractivity contribution is 8.02. The highest BCUT2D eigenvalue weighted by Crippen LogP contribution is 2.66. The van der Waals surface area contributed by atoms with Gasteiger partial charge in [0.15, 0.2) is 0 Å². The van der Waals surface area contributed by atoms with E-state index in [-0.39, 0.29) is 41.7 Å². The number of thioether (sulfide) groups is 1. The van der Waals surface area contributed by atoms with Crippen molar-refractivity contribution in [2.45, 2.75) is 95.3 Å². The topological polar surface area (TPSA) is 95.9 Å². The Balaban J connectivity index is 1.97. The predicted octanol–water partition coefficient (Wildman–Crippen LogP) is 2.35. The Bertz CT molecular complexity index is 749. The molecule has 3 saturated heterocycles. The number of carbonyl (C=O) groups is 3. The van der Waals surface area contributed by atoms with Gasteiger partial charge in [-0.2, -0.15) is 0 Å². The fraction of sp³-hybridized carbons (Fsp3) is 0.870. The Morgan fingerprint density at radius 2 is 1.97 bits per heavy atom. The number of aliphatic hydroxyl groups excluding tert-OH is 1. The summed E-state index contributed by atoms with van der Waals surface area (Å²) in [5.74, 6) is -1.84. The number of likely N-dealkylation sites (tertiary alicyclic amines) is 1. The Labute approximate surface area is 190 Å². The van der Waals surface area contributed by atoms with Crippen molar-refractivity contribution in [2.75, 3.05) is 13.2 Å². The van der Waals surface area contributed by atoms with E-state index in [4.69, 9.17) is 4.74 Å². The second-order valence-corrected chi connectivity index (χ2v) is 12.8. The molecule has 176 valence electrons. The van der Waals surface area contributed by atoms with E-state index < -0.39 is 34.2 Å². The Morgan fingerprint density at radius 3 is 2.52 bits per heavy atom. The predicted molar refractivity (Wildman–Crippen MR) is 120 cm³/mol. The molecule has 3 aliphatic heterocycles. The Kier molecular flexibility index (Phi) is 6.48. The van der Waals surface area contributed by atoms with E-state index in [1.807, 2.05) is 13.8 Å². The van der Waals surface area contributed by atoms with Gasteiger partial charge in [0.05, 0.1) is 35.8 Å². The number of nitrogens with one attached hydrogen (secondary N) is 1. The van der Waals surface area contributed by atoms with Crippen LogP contribution in [-0.2, 0) is 19.1 Å². The summed E-state index contributed by atoms with van der Waals surface area (Å²) < 4.78 is 4.66. The average molecular weight is 455 g/mol. The lowest BCUT2D eigenvalue weighted by Crippen LogP contribution is -2.59. The van der Waals surface area contributed by atoms with Gasteiger partial charge in [-0.05, 0) is 52.4 Å². The minimum atomic E-state index is -0.708. The number of rotatable bonds is 7. The van der Waals surface area contributed by atoms with Gasteiger partial charge in [0, 0.05) is 10.8 Å². The van der Waals surface area contributed by atoms with Crippen molar-refractivity contribution < 1.29 is 24.2 Å². The summed E-state index contributed by atoms with van der Waals surface area (Å²) >= 11 is 1.62. The van der Waals surface area contributed by atoms with Gasteiger partial charge in [-0.3, -0.25) is 14.4 Å². The highest BCUT2D eigenvalue weighted by atomic mass is 32.2. The van der Waals surface area contributed by atoms with Gasteiger partial charge in [0.2, 0.25) is 11.8 Å². The van der Waals surface area contributed by atoms with Gasteiger partial charge in [-0.15, -0.1) is 11.8 Å². The number of hydrogen-bond donors (Lipinski definition) is 2. The SMILES string of the molecule is CCOC(=O)[C@@H]1[C@H]2C(=O)N([C@H](C)CO)C(C(=O)NC(C)(C)CC(C)(C)C)C23CC[C@H]1S3. The van der Waals surface area contributed by atoms with Crippen LogP contribution >= 0.6 is 11.8 Å². The zero-order valence-corrected chi connectivity index (χ0v) is 20.7. The van der Waals surface area contributed by atoms with Gasteiger partial charge in [0.25, 0.3) is 0 Å². The lowest BCUT2D eigenvalue weighted by Gasteiger charge is -2.39. The zero-order valence-electron chi connectivity index (χ0n) is 19.9. The molecule has 0 aromatic rings. The van der Waals surface area contributed by atoms with Gasteiger partial charge in [-0.25, -0.2) is 0 Å². The van der Waals surface area contributed by atoms with Crippen LogP contribution in [0.3, 0.4) is 0 Å². The largest absolute Gasteiger partial charge is 0.466 e. The summed E-state index contributed by atoms with van der Waals surface area (Å²) in [5, 5.41) is 13.1. The maximum atomic E-state index is 13.7. The van der Waals surface area contributed by atoms with Crippen LogP contribution in [0.5, 0.6) is 0 Å². The number of ether oxygens (including phenoxy) is 1. The normalized spacial score (nSPS) is 33.4. The second kappa shape index (κ2) is 8.25. The fourth-order valence-corrected chi connectivity index (χ4v) is 8.42. The maximum Gasteiger partial charge on any atom is 0.310 e. The van der Waals surface area contributed by atoms with Gasteiger partial charge >= 0.3 is 5.97 Å². The molecule has 3 fully saturated rings. The first-order valence-corrected chi connectivity index (χ1v) is 12.3. The van der Waals surface area contributed by atoms with Crippen LogP contribution in [0.25, 0.3) is 0 Å². The molecule has 0 saturated carbocycles. The third kappa shape index (κ3) is 4.22. The van der Waals surface area contributed by atoms with E-state index in [9.17, 15) is 19.5 Å². The molecule has 3 rings (SSSR count). The summed E-state index contributed by atoms with van der Waals surface area (Å²) in [4.78, 5) is 41.7. The molecule has 3 heterocycles. The number of nitrogens with zero attached hydrogens (tertiary/aromatic N) is 1. The van der Waals surface area contributed by atoms with Crippen molar-refractivity contribution in [3.63, 3.8) is 0 Å². The lowest BCUT2D eigenvalue weighted by atomic mass is 9.71. The molecular weight excluding hydrogens is 416 g/mol. The van der Waals surface area contributed by atoms with E-state index in [1.165, 1.54) is 0 Å². The van der Waals surface area contributed by atoms with Crippen molar-refractivity contribution in [3.8, 4) is 0 Å². The van der Waals surface area contributed by atoms with Crippen LogP contribution in [0.4, 0.5) is 0 Å². The van der Waals surface area contributed by atoms with E-state index in [0.29, 0.717) is 6.42 Å². The smallest absolute Gasteiger partial charge is 0.310 e. The van der Waals surface area contributed by atoms with Gasteiger partial charge < -0.3 is 20.1 Å². The molecule has 0 aliphatic carbocycles. The molecule has 3 aliphatic rings. The first-order chi connectivity index (χ1) is 14.3. The third-order valence-electron chi connectivity index (χ3n) is 6.72. The highest BCUT2D eigenvalue weighted by Gasteiger charge is 2.74. The van der Waals surface area contributed by atoms with Crippen LogP contribution in [0.1, 0.15) is 67.7 Å². The lowest BCUT2D eigenvalue weighted by molar-refractivity contribution is -0.154. The Hall–Kier alpha value is -1.28. The van der Waals surface area contributed by atoms with Crippen molar-refractivity contribution in [1.82, 2.24) is 10.2 Å². The summed E-state index contributed by atoms with van der Waals surface area (Å²) in [6, 6.07) is -1.21. The monoisotopic (exact) mass is 454 g/mol. The van der Waals surface area contributed by atoms with Crippen molar-refractivity contribution >= 4 is 29.5 Å². The van der Waals surface area contributed by atoms with Crippen molar-refractivity contribution in [1.29, 1.82) is 0 Å². The number of esters is 1. The molecular formula is C23H38N2O5S. The van der Waals surface area contributed by atoms with E-state index in [1.54, 1.807) is 30.5 Å². The molecule has 0 radical (unpaired) electrons. The first kappa shape index (κ1) is 24.4. The molecule has 2 amide bonds. The van der Waals surface area contributed by atoms with Gasteiger partial charge in [-0.1, -0.05) is 20.8 Å². The zero-order chi connectivity index (χ0) is 23.4.